The summed E-state index contributed by atoms with van der Waals surface area (Å²) in [6.07, 6.45) is 0. The van der Waals surface area contributed by atoms with Crippen LogP contribution in [0.2, 0.25) is 0 Å². The lowest BCUT2D eigenvalue weighted by Gasteiger charge is -2.10. The van der Waals surface area contributed by atoms with Gasteiger partial charge in [-0.05, 0) is 31.7 Å². The van der Waals surface area contributed by atoms with Crippen LogP contribution < -0.4 is 10.6 Å². The van der Waals surface area contributed by atoms with Crippen LogP contribution in [0.4, 0.5) is 23.0 Å². The molecule has 0 unspecified atom stereocenters. The summed E-state index contributed by atoms with van der Waals surface area (Å²) in [5.41, 5.74) is -0.741. The highest BCUT2D eigenvalue weighted by Crippen LogP contribution is 2.36. The minimum Gasteiger partial charge on any atom is -0.367 e. The smallest absolute Gasteiger partial charge is 0.290 e. The molecule has 0 saturated carbocycles. The maximum Gasteiger partial charge on any atom is 0.290 e. The van der Waals surface area contributed by atoms with E-state index in [2.05, 4.69) is 25.8 Å². The molecule has 0 aliphatic carbocycles. The van der Waals surface area contributed by atoms with Crippen molar-refractivity contribution in [2.75, 3.05) is 23.7 Å². The highest BCUT2D eigenvalue weighted by Gasteiger charge is 2.21. The van der Waals surface area contributed by atoms with Crippen LogP contribution in [-0.4, -0.2) is 38.1 Å². The highest BCUT2D eigenvalue weighted by molar-refractivity contribution is 7.99. The summed E-state index contributed by atoms with van der Waals surface area (Å²) in [4.78, 5) is 25.1. The predicted octanol–water partition coefficient (Wildman–Crippen LogP) is 2.70. The van der Waals surface area contributed by atoms with Gasteiger partial charge in [-0.1, -0.05) is 0 Å². The van der Waals surface area contributed by atoms with Crippen LogP contribution >= 0.6 is 11.8 Å². The fraction of sp³-hybridized carbons (Fsp3) is 0.308. The summed E-state index contributed by atoms with van der Waals surface area (Å²) in [5.74, 6) is 0.957. The molecule has 0 aliphatic rings. The second-order valence-electron chi connectivity index (χ2n) is 4.62. The van der Waals surface area contributed by atoms with Gasteiger partial charge in [-0.3, -0.25) is 20.2 Å². The molecule has 0 aliphatic heterocycles. The fourth-order valence-corrected chi connectivity index (χ4v) is 2.67. The number of nitro benzene ring substituents is 2. The fourth-order valence-electron chi connectivity index (χ4n) is 1.88. The normalized spacial score (nSPS) is 10.3. The number of nitrogens with zero attached hydrogens (tertiary/aromatic N) is 5. The number of anilines is 2. The molecule has 2 N–H and O–H groups in total. The summed E-state index contributed by atoms with van der Waals surface area (Å²) in [5, 5.41) is 36.2. The topological polar surface area (TPSA) is 149 Å². The van der Waals surface area contributed by atoms with Gasteiger partial charge in [-0.15, -0.1) is 10.2 Å². The van der Waals surface area contributed by atoms with Crippen LogP contribution in [0.5, 0.6) is 0 Å². The molecule has 0 atom stereocenters. The lowest BCUT2D eigenvalue weighted by atomic mass is 10.3. The molecule has 0 amide bonds. The van der Waals surface area contributed by atoms with Gasteiger partial charge in [0.15, 0.2) is 11.6 Å². The Labute approximate surface area is 146 Å². The van der Waals surface area contributed by atoms with E-state index >= 15 is 0 Å². The van der Waals surface area contributed by atoms with Crippen LogP contribution in [-0.2, 0) is 0 Å². The van der Waals surface area contributed by atoms with E-state index < -0.39 is 9.85 Å². The Morgan fingerprint density at radius 1 is 1.04 bits per heavy atom. The standard InChI is InChI=1S/C13H15N7O4S/c1-3-14-11-12(15-4-2)17-18-13(16-11)25-10-6-5-8(19(21)22)7-9(10)20(23)24/h5-7H,3-4H2,1-2H3,(H,15,17)(H,14,16,18). The van der Waals surface area contributed by atoms with Crippen LogP contribution in [0.1, 0.15) is 13.8 Å². The number of nitrogens with one attached hydrogen (secondary N) is 2. The second kappa shape index (κ2) is 8.19. The Hall–Kier alpha value is -3.02. The maximum absolute atomic E-state index is 11.2. The lowest BCUT2D eigenvalue weighted by molar-refractivity contribution is -0.396. The number of nitro groups is 2. The molecule has 0 bridgehead atoms. The third-order valence-corrected chi connectivity index (χ3v) is 3.83. The monoisotopic (exact) mass is 365 g/mol. The van der Waals surface area contributed by atoms with E-state index in [4.69, 9.17) is 0 Å². The summed E-state index contributed by atoms with van der Waals surface area (Å²) >= 11 is 0.913. The zero-order chi connectivity index (χ0) is 18.4. The molecular formula is C13H15N7O4S. The number of rotatable bonds is 8. The van der Waals surface area contributed by atoms with Crippen molar-refractivity contribution in [3.63, 3.8) is 0 Å². The number of hydrogen-bond donors (Lipinski definition) is 2. The molecule has 0 spiro atoms. The number of benzene rings is 1. The first-order valence-electron chi connectivity index (χ1n) is 7.29. The summed E-state index contributed by atoms with van der Waals surface area (Å²) in [6, 6.07) is 3.41. The molecule has 1 heterocycles. The van der Waals surface area contributed by atoms with E-state index in [1.807, 2.05) is 13.8 Å². The van der Waals surface area contributed by atoms with Crippen LogP contribution in [0, 0.1) is 20.2 Å². The number of aromatic nitrogens is 3. The number of non-ortho nitro benzene ring substituents is 1. The van der Waals surface area contributed by atoms with E-state index in [0.29, 0.717) is 24.7 Å². The summed E-state index contributed by atoms with van der Waals surface area (Å²) in [7, 11) is 0. The first-order chi connectivity index (χ1) is 12.0. The predicted molar refractivity (Wildman–Crippen MR) is 92.0 cm³/mol. The number of hydrogen-bond acceptors (Lipinski definition) is 10. The van der Waals surface area contributed by atoms with Crippen molar-refractivity contribution in [2.45, 2.75) is 23.9 Å². The average molecular weight is 365 g/mol. The molecule has 0 fully saturated rings. The molecule has 0 radical (unpaired) electrons. The molecule has 0 saturated heterocycles. The van der Waals surface area contributed by atoms with Crippen molar-refractivity contribution < 1.29 is 9.85 Å². The highest BCUT2D eigenvalue weighted by atomic mass is 32.2. The van der Waals surface area contributed by atoms with Crippen molar-refractivity contribution in [3.8, 4) is 0 Å². The van der Waals surface area contributed by atoms with Gasteiger partial charge in [0.05, 0.1) is 20.8 Å². The van der Waals surface area contributed by atoms with Crippen molar-refractivity contribution in [1.82, 2.24) is 15.2 Å². The minimum absolute atomic E-state index is 0.189. The molecule has 132 valence electrons. The Morgan fingerprint density at radius 2 is 1.72 bits per heavy atom. The van der Waals surface area contributed by atoms with E-state index in [0.717, 1.165) is 17.8 Å². The summed E-state index contributed by atoms with van der Waals surface area (Å²) in [6.45, 7) is 5.04. The first kappa shape index (κ1) is 18.3. The zero-order valence-corrected chi connectivity index (χ0v) is 14.2. The van der Waals surface area contributed by atoms with Crippen molar-refractivity contribution in [1.29, 1.82) is 0 Å². The van der Waals surface area contributed by atoms with Gasteiger partial charge >= 0.3 is 0 Å². The van der Waals surface area contributed by atoms with E-state index in [9.17, 15) is 20.2 Å². The minimum atomic E-state index is -0.687. The molecular weight excluding hydrogens is 350 g/mol. The Kier molecular flexibility index (Phi) is 6.00. The second-order valence-corrected chi connectivity index (χ2v) is 5.63. The zero-order valence-electron chi connectivity index (χ0n) is 13.4. The van der Waals surface area contributed by atoms with Gasteiger partial charge in [0.1, 0.15) is 0 Å². The Morgan fingerprint density at radius 3 is 2.32 bits per heavy atom. The van der Waals surface area contributed by atoms with Crippen LogP contribution in [0.3, 0.4) is 0 Å². The third kappa shape index (κ3) is 4.50. The quantitative estimate of drug-likeness (QED) is 0.528. The SMILES string of the molecule is CCNc1nnc(Sc2ccc([N+](=O)[O-])cc2[N+](=O)[O-])nc1NCC. The van der Waals surface area contributed by atoms with Gasteiger partial charge < -0.3 is 10.6 Å². The molecule has 2 aromatic rings. The van der Waals surface area contributed by atoms with Crippen molar-refractivity contribution in [2.24, 2.45) is 0 Å². The first-order valence-corrected chi connectivity index (χ1v) is 8.11. The van der Waals surface area contributed by atoms with Crippen LogP contribution in [0.15, 0.2) is 28.3 Å². The van der Waals surface area contributed by atoms with Gasteiger partial charge in [0, 0.05) is 19.2 Å². The average Bonchev–Trinajstić information content (AvgIpc) is 2.57. The molecule has 25 heavy (non-hydrogen) atoms. The van der Waals surface area contributed by atoms with E-state index in [1.165, 1.54) is 12.1 Å². The van der Waals surface area contributed by atoms with Crippen molar-refractivity contribution >= 4 is 34.8 Å². The molecule has 1 aromatic carbocycles. The van der Waals surface area contributed by atoms with Gasteiger partial charge in [0.25, 0.3) is 11.4 Å². The largest absolute Gasteiger partial charge is 0.367 e. The Bertz CT molecular complexity index is 802. The van der Waals surface area contributed by atoms with Gasteiger partial charge in [-0.2, -0.15) is 4.98 Å². The lowest BCUT2D eigenvalue weighted by Crippen LogP contribution is -2.10. The summed E-state index contributed by atoms with van der Waals surface area (Å²) < 4.78 is 0. The molecule has 11 nitrogen and oxygen atoms in total. The van der Waals surface area contributed by atoms with E-state index in [-0.39, 0.29) is 21.4 Å². The van der Waals surface area contributed by atoms with Crippen molar-refractivity contribution in [3.05, 3.63) is 38.4 Å². The molecule has 12 heteroatoms. The molecule has 2 rings (SSSR count). The Balaban J connectivity index is 2.37. The maximum atomic E-state index is 11.2. The van der Waals surface area contributed by atoms with Gasteiger partial charge in [0.2, 0.25) is 5.16 Å². The van der Waals surface area contributed by atoms with Gasteiger partial charge in [-0.25, -0.2) is 0 Å². The van der Waals surface area contributed by atoms with Crippen LogP contribution in [0.25, 0.3) is 0 Å². The van der Waals surface area contributed by atoms with E-state index in [1.54, 1.807) is 0 Å². The third-order valence-electron chi connectivity index (χ3n) is 2.91. The molecule has 1 aromatic heterocycles.